The molecule has 6 heteroatoms. The van der Waals surface area contributed by atoms with Crippen molar-refractivity contribution in [2.75, 3.05) is 13.2 Å². The lowest BCUT2D eigenvalue weighted by atomic mass is 9.80. The van der Waals surface area contributed by atoms with E-state index in [0.717, 1.165) is 29.7 Å². The van der Waals surface area contributed by atoms with Gasteiger partial charge in [0.15, 0.2) is 12.0 Å². The molecule has 6 atom stereocenters. The van der Waals surface area contributed by atoms with Gasteiger partial charge in [-0.25, -0.2) is 0 Å². The summed E-state index contributed by atoms with van der Waals surface area (Å²) >= 11 is 0. The first-order chi connectivity index (χ1) is 19.5. The van der Waals surface area contributed by atoms with Crippen molar-refractivity contribution in [2.45, 2.75) is 81.6 Å². The maximum atomic E-state index is 7.13. The molecular weight excluding hydrogens is 502 g/mol. The second-order valence-corrected chi connectivity index (χ2v) is 12.0. The van der Waals surface area contributed by atoms with Crippen LogP contribution in [0.25, 0.3) is 0 Å². The van der Waals surface area contributed by atoms with Crippen molar-refractivity contribution < 1.29 is 23.8 Å². The molecule has 0 N–H and O–H groups in total. The molecular formula is C34H39NO5. The third kappa shape index (κ3) is 4.71. The van der Waals surface area contributed by atoms with E-state index >= 15 is 0 Å². The van der Waals surface area contributed by atoms with Crippen LogP contribution in [0.5, 0.6) is 0 Å². The van der Waals surface area contributed by atoms with Crippen molar-refractivity contribution in [1.82, 2.24) is 5.06 Å². The van der Waals surface area contributed by atoms with Crippen LogP contribution >= 0.6 is 0 Å². The summed E-state index contributed by atoms with van der Waals surface area (Å²) in [6, 6.07) is 31.4. The molecule has 6 unspecified atom stereocenters. The molecule has 1 aliphatic carbocycles. The average molecular weight is 542 g/mol. The number of rotatable bonds is 7. The van der Waals surface area contributed by atoms with Gasteiger partial charge in [0.2, 0.25) is 0 Å². The SMILES string of the molecule is CC1(C)OC2C(COC(c3ccccc3)(c3ccccc3)c3ccccc3)OC(N3CC4CCCCC4O3)C2O1. The van der Waals surface area contributed by atoms with E-state index in [2.05, 4.69) is 72.8 Å². The van der Waals surface area contributed by atoms with Crippen LogP contribution in [0.4, 0.5) is 0 Å². The van der Waals surface area contributed by atoms with Crippen LogP contribution in [0.15, 0.2) is 91.0 Å². The van der Waals surface area contributed by atoms with Crippen LogP contribution in [-0.2, 0) is 29.4 Å². The highest BCUT2D eigenvalue weighted by molar-refractivity contribution is 5.47. The molecule has 3 aromatic carbocycles. The van der Waals surface area contributed by atoms with Crippen LogP contribution < -0.4 is 0 Å². The molecule has 0 bridgehead atoms. The summed E-state index contributed by atoms with van der Waals surface area (Å²) in [6.07, 6.45) is 3.97. The molecule has 40 heavy (non-hydrogen) atoms. The van der Waals surface area contributed by atoms with Gasteiger partial charge in [-0.05, 0) is 43.4 Å². The molecule has 0 aromatic heterocycles. The van der Waals surface area contributed by atoms with Crippen molar-refractivity contribution >= 4 is 0 Å². The Bertz CT molecular complexity index is 1160. The zero-order valence-corrected chi connectivity index (χ0v) is 23.4. The Kier molecular flexibility index (Phi) is 7.03. The summed E-state index contributed by atoms with van der Waals surface area (Å²) < 4.78 is 26.8. The van der Waals surface area contributed by atoms with Crippen molar-refractivity contribution in [2.24, 2.45) is 5.92 Å². The van der Waals surface area contributed by atoms with Crippen molar-refractivity contribution in [1.29, 1.82) is 0 Å². The summed E-state index contributed by atoms with van der Waals surface area (Å²) in [4.78, 5) is 6.46. The molecule has 1 saturated carbocycles. The smallest absolute Gasteiger partial charge is 0.164 e. The number of benzene rings is 3. The van der Waals surface area contributed by atoms with E-state index in [4.69, 9.17) is 23.8 Å². The van der Waals surface area contributed by atoms with Gasteiger partial charge >= 0.3 is 0 Å². The van der Waals surface area contributed by atoms with Gasteiger partial charge in [0.25, 0.3) is 0 Å². The Morgan fingerprint density at radius 2 is 1.32 bits per heavy atom. The lowest BCUT2D eigenvalue weighted by molar-refractivity contribution is -0.278. The third-order valence-electron chi connectivity index (χ3n) is 8.94. The average Bonchev–Trinajstić information content (AvgIpc) is 3.66. The fraction of sp³-hybridized carbons (Fsp3) is 0.471. The molecule has 4 fully saturated rings. The number of nitrogens with zero attached hydrogens (tertiary/aromatic N) is 1. The van der Waals surface area contributed by atoms with Gasteiger partial charge in [-0.1, -0.05) is 104 Å². The second kappa shape index (κ2) is 10.7. The predicted octanol–water partition coefficient (Wildman–Crippen LogP) is 6.05. The van der Waals surface area contributed by atoms with Crippen molar-refractivity contribution in [3.05, 3.63) is 108 Å². The molecule has 6 nitrogen and oxygen atoms in total. The van der Waals surface area contributed by atoms with Gasteiger partial charge in [-0.2, -0.15) is 5.06 Å². The minimum Gasteiger partial charge on any atom is -0.358 e. The molecule has 3 saturated heterocycles. The van der Waals surface area contributed by atoms with Gasteiger partial charge in [0, 0.05) is 12.5 Å². The van der Waals surface area contributed by atoms with Crippen LogP contribution in [0.1, 0.15) is 56.2 Å². The number of ether oxygens (including phenoxy) is 4. The fourth-order valence-electron chi connectivity index (χ4n) is 7.13. The minimum absolute atomic E-state index is 0.247. The minimum atomic E-state index is -0.825. The largest absolute Gasteiger partial charge is 0.358 e. The first-order valence-electron chi connectivity index (χ1n) is 14.8. The van der Waals surface area contributed by atoms with Gasteiger partial charge in [0.1, 0.15) is 23.9 Å². The Labute approximate surface area is 237 Å². The van der Waals surface area contributed by atoms with Crippen LogP contribution in [0.2, 0.25) is 0 Å². The van der Waals surface area contributed by atoms with Crippen molar-refractivity contribution in [3.63, 3.8) is 0 Å². The van der Waals surface area contributed by atoms with E-state index in [-0.39, 0.29) is 30.6 Å². The summed E-state index contributed by atoms with van der Waals surface area (Å²) in [5.74, 6) is -0.138. The number of hydrogen-bond donors (Lipinski definition) is 0. The molecule has 3 aromatic rings. The predicted molar refractivity (Wildman–Crippen MR) is 151 cm³/mol. The summed E-state index contributed by atoms with van der Waals surface area (Å²) in [5.41, 5.74) is 2.37. The fourth-order valence-corrected chi connectivity index (χ4v) is 7.13. The summed E-state index contributed by atoms with van der Waals surface area (Å²) in [5, 5.41) is 2.04. The Morgan fingerprint density at radius 3 is 1.90 bits per heavy atom. The number of hydroxylamine groups is 2. The topological polar surface area (TPSA) is 49.4 Å². The van der Waals surface area contributed by atoms with E-state index in [1.807, 2.05) is 37.1 Å². The van der Waals surface area contributed by atoms with E-state index in [1.165, 1.54) is 19.3 Å². The lowest BCUT2D eigenvalue weighted by Gasteiger charge is -2.37. The van der Waals surface area contributed by atoms with Crippen LogP contribution in [-0.4, -0.2) is 54.6 Å². The van der Waals surface area contributed by atoms with Gasteiger partial charge in [-0.3, -0.25) is 4.84 Å². The van der Waals surface area contributed by atoms with E-state index in [9.17, 15) is 0 Å². The molecule has 3 aliphatic heterocycles. The summed E-state index contributed by atoms with van der Waals surface area (Å²) in [6.45, 7) is 5.16. The molecule has 4 aliphatic rings. The molecule has 3 heterocycles. The quantitative estimate of drug-likeness (QED) is 0.340. The highest BCUT2D eigenvalue weighted by Gasteiger charge is 2.59. The Hall–Kier alpha value is -2.58. The molecule has 210 valence electrons. The molecule has 0 amide bonds. The van der Waals surface area contributed by atoms with Crippen molar-refractivity contribution in [3.8, 4) is 0 Å². The zero-order valence-electron chi connectivity index (χ0n) is 23.4. The van der Waals surface area contributed by atoms with Gasteiger partial charge in [0.05, 0.1) is 12.7 Å². The first-order valence-corrected chi connectivity index (χ1v) is 14.8. The normalized spacial score (nSPS) is 31.6. The highest BCUT2D eigenvalue weighted by Crippen LogP contribution is 2.45. The van der Waals surface area contributed by atoms with Gasteiger partial charge in [-0.15, -0.1) is 0 Å². The third-order valence-corrected chi connectivity index (χ3v) is 8.94. The van der Waals surface area contributed by atoms with Crippen LogP contribution in [0, 0.1) is 5.92 Å². The number of hydrogen-bond acceptors (Lipinski definition) is 6. The maximum absolute atomic E-state index is 7.13. The van der Waals surface area contributed by atoms with E-state index < -0.39 is 11.4 Å². The monoisotopic (exact) mass is 541 g/mol. The van der Waals surface area contributed by atoms with E-state index in [1.54, 1.807) is 0 Å². The number of fused-ring (bicyclic) bond motifs is 2. The molecule has 7 rings (SSSR count). The van der Waals surface area contributed by atoms with Gasteiger partial charge < -0.3 is 18.9 Å². The maximum Gasteiger partial charge on any atom is 0.164 e. The van der Waals surface area contributed by atoms with Crippen LogP contribution in [0.3, 0.4) is 0 Å². The van der Waals surface area contributed by atoms with E-state index in [0.29, 0.717) is 12.5 Å². The Morgan fingerprint density at radius 1 is 0.775 bits per heavy atom. The second-order valence-electron chi connectivity index (χ2n) is 12.0. The molecule has 0 radical (unpaired) electrons. The zero-order chi connectivity index (χ0) is 27.2. The Balaban J connectivity index is 1.21. The first kappa shape index (κ1) is 26.3. The standard InChI is InChI=1S/C34H39NO5/c1-33(2)38-30-29(37-32(31(30)39-33)35-22-24-14-12-13-21-28(24)40-35)23-36-34(25-15-6-3-7-16-25,26-17-8-4-9-18-26)27-19-10-5-11-20-27/h3-11,15-20,24,28-32H,12-14,21-23H2,1-2H3. The summed E-state index contributed by atoms with van der Waals surface area (Å²) in [7, 11) is 0. The highest BCUT2D eigenvalue weighted by atomic mass is 16.8. The lowest BCUT2D eigenvalue weighted by Crippen LogP contribution is -2.42. The molecule has 0 spiro atoms.